The van der Waals surface area contributed by atoms with Gasteiger partial charge in [-0.25, -0.2) is 8.42 Å². The molecule has 0 bridgehead atoms. The number of carbonyl (C=O) groups excluding carboxylic acids is 1. The number of aromatic nitrogens is 1. The number of rotatable bonds is 8. The van der Waals surface area contributed by atoms with Crippen LogP contribution in [0.15, 0.2) is 70.6 Å². The van der Waals surface area contributed by atoms with Gasteiger partial charge in [0, 0.05) is 11.3 Å². The van der Waals surface area contributed by atoms with Crippen molar-refractivity contribution in [1.82, 2.24) is 4.57 Å². The quantitative estimate of drug-likeness (QED) is 0.342. The third-order valence-electron chi connectivity index (χ3n) is 5.39. The molecule has 0 saturated heterocycles. The van der Waals surface area contributed by atoms with E-state index in [-0.39, 0.29) is 17.0 Å². The van der Waals surface area contributed by atoms with E-state index in [2.05, 4.69) is 15.6 Å². The first-order chi connectivity index (χ1) is 17.8. The van der Waals surface area contributed by atoms with Crippen LogP contribution in [0.25, 0.3) is 10.2 Å². The van der Waals surface area contributed by atoms with Crippen molar-refractivity contribution in [2.75, 3.05) is 26.1 Å². The van der Waals surface area contributed by atoms with Crippen molar-refractivity contribution >= 4 is 43.2 Å². The highest BCUT2D eigenvalue weighted by Gasteiger charge is 2.17. The SMILES string of the molecule is C#CCn1c(=NC(=O)c2ccc(NS(=O)(=O)c3ccc(OC)cc3)cc2)sc2c(OC)ccc(OC)c21. The Balaban J connectivity index is 1.64. The van der Waals surface area contributed by atoms with Gasteiger partial charge < -0.3 is 18.8 Å². The number of methoxy groups -OCH3 is 3. The fourth-order valence-corrected chi connectivity index (χ4v) is 5.77. The van der Waals surface area contributed by atoms with Gasteiger partial charge in [-0.1, -0.05) is 17.3 Å². The van der Waals surface area contributed by atoms with Crippen molar-refractivity contribution < 1.29 is 27.4 Å². The summed E-state index contributed by atoms with van der Waals surface area (Å²) in [5.74, 6) is 3.79. The number of anilines is 1. The molecule has 11 heteroatoms. The zero-order chi connectivity index (χ0) is 26.6. The zero-order valence-electron chi connectivity index (χ0n) is 20.2. The summed E-state index contributed by atoms with van der Waals surface area (Å²) in [7, 11) is 0.783. The van der Waals surface area contributed by atoms with Crippen LogP contribution in [0, 0.1) is 12.3 Å². The largest absolute Gasteiger partial charge is 0.497 e. The lowest BCUT2D eigenvalue weighted by Crippen LogP contribution is -2.17. The van der Waals surface area contributed by atoms with Crippen molar-refractivity contribution in [3.8, 4) is 29.6 Å². The number of nitrogens with zero attached hydrogens (tertiary/aromatic N) is 2. The summed E-state index contributed by atoms with van der Waals surface area (Å²) in [6.45, 7) is 0.168. The maximum Gasteiger partial charge on any atom is 0.279 e. The van der Waals surface area contributed by atoms with E-state index in [0.717, 1.165) is 4.70 Å². The standard InChI is InChI=1S/C26H23N3O6S2/c1-5-16-29-23-21(34-3)14-15-22(35-4)24(23)36-26(29)27-25(30)17-6-8-18(9-7-17)28-37(31,32)20-12-10-19(33-2)11-13-20/h1,6-15,28H,16H2,2-4H3. The fraction of sp³-hybridized carbons (Fsp3) is 0.154. The first kappa shape index (κ1) is 25.8. The van der Waals surface area contributed by atoms with Gasteiger partial charge in [-0.2, -0.15) is 4.99 Å². The predicted molar refractivity (Wildman–Crippen MR) is 142 cm³/mol. The molecular weight excluding hydrogens is 514 g/mol. The molecular formula is C26H23N3O6S2. The Hall–Kier alpha value is -4.27. The van der Waals surface area contributed by atoms with Crippen LogP contribution >= 0.6 is 11.3 Å². The maximum absolute atomic E-state index is 13.0. The molecule has 1 N–H and O–H groups in total. The number of benzene rings is 3. The van der Waals surface area contributed by atoms with Crippen molar-refractivity contribution in [1.29, 1.82) is 0 Å². The Morgan fingerprint density at radius 3 is 2.22 bits per heavy atom. The second kappa shape index (κ2) is 10.8. The molecule has 4 rings (SSSR count). The number of nitrogens with one attached hydrogen (secondary N) is 1. The molecule has 0 fully saturated rings. The highest BCUT2D eigenvalue weighted by Crippen LogP contribution is 2.35. The third kappa shape index (κ3) is 5.30. The zero-order valence-corrected chi connectivity index (χ0v) is 21.9. The van der Waals surface area contributed by atoms with Gasteiger partial charge in [-0.05, 0) is 60.7 Å². The van der Waals surface area contributed by atoms with E-state index in [9.17, 15) is 13.2 Å². The van der Waals surface area contributed by atoms with E-state index in [1.54, 1.807) is 43.1 Å². The summed E-state index contributed by atoms with van der Waals surface area (Å²) in [6.07, 6.45) is 5.58. The summed E-state index contributed by atoms with van der Waals surface area (Å²) >= 11 is 1.25. The topological polar surface area (TPSA) is 108 Å². The van der Waals surface area contributed by atoms with E-state index in [1.807, 2.05) is 0 Å². The van der Waals surface area contributed by atoms with Crippen LogP contribution in [0.3, 0.4) is 0 Å². The Morgan fingerprint density at radius 2 is 1.62 bits per heavy atom. The molecule has 1 amide bonds. The van der Waals surface area contributed by atoms with Crippen LogP contribution in [-0.4, -0.2) is 40.2 Å². The molecule has 0 unspecified atom stereocenters. The van der Waals surface area contributed by atoms with Gasteiger partial charge >= 0.3 is 0 Å². The lowest BCUT2D eigenvalue weighted by atomic mass is 10.2. The summed E-state index contributed by atoms with van der Waals surface area (Å²) in [4.78, 5) is 17.7. The molecule has 0 radical (unpaired) electrons. The second-order valence-corrected chi connectivity index (χ2v) is 10.3. The summed E-state index contributed by atoms with van der Waals surface area (Å²) in [5, 5.41) is 0. The summed E-state index contributed by atoms with van der Waals surface area (Å²) in [5.41, 5.74) is 1.25. The van der Waals surface area contributed by atoms with Gasteiger partial charge in [0.25, 0.3) is 15.9 Å². The average molecular weight is 538 g/mol. The lowest BCUT2D eigenvalue weighted by molar-refractivity contribution is 0.0998. The predicted octanol–water partition coefficient (Wildman–Crippen LogP) is 3.90. The molecule has 3 aromatic carbocycles. The highest BCUT2D eigenvalue weighted by atomic mass is 32.2. The molecule has 4 aromatic rings. The number of carbonyl (C=O) groups is 1. The molecule has 0 aliphatic heterocycles. The van der Waals surface area contributed by atoms with Gasteiger partial charge in [0.05, 0.1) is 32.8 Å². The number of terminal acetylenes is 1. The Labute approximate surface area is 218 Å². The van der Waals surface area contributed by atoms with E-state index >= 15 is 0 Å². The van der Waals surface area contributed by atoms with Crippen molar-refractivity contribution in [3.63, 3.8) is 0 Å². The summed E-state index contributed by atoms with van der Waals surface area (Å²) in [6, 6.07) is 15.5. The normalized spacial score (nSPS) is 11.7. The van der Waals surface area contributed by atoms with Gasteiger partial charge in [0.2, 0.25) is 0 Å². The average Bonchev–Trinajstić information content (AvgIpc) is 3.26. The molecule has 190 valence electrons. The fourth-order valence-electron chi connectivity index (χ4n) is 3.58. The number of amides is 1. The molecule has 9 nitrogen and oxygen atoms in total. The van der Waals surface area contributed by atoms with Crippen LogP contribution in [0.5, 0.6) is 17.2 Å². The smallest absolute Gasteiger partial charge is 0.279 e. The Kier molecular flexibility index (Phi) is 7.52. The number of sulfonamides is 1. The maximum atomic E-state index is 13.0. The minimum absolute atomic E-state index is 0.0807. The Morgan fingerprint density at radius 1 is 0.973 bits per heavy atom. The van der Waals surface area contributed by atoms with Crippen LogP contribution in [0.2, 0.25) is 0 Å². The first-order valence-electron chi connectivity index (χ1n) is 10.8. The molecule has 0 spiro atoms. The van der Waals surface area contributed by atoms with Crippen molar-refractivity contribution in [3.05, 3.63) is 71.0 Å². The van der Waals surface area contributed by atoms with Gasteiger partial charge in [-0.3, -0.25) is 9.52 Å². The van der Waals surface area contributed by atoms with Crippen LogP contribution in [0.4, 0.5) is 5.69 Å². The molecule has 37 heavy (non-hydrogen) atoms. The van der Waals surface area contributed by atoms with Crippen LogP contribution < -0.4 is 23.7 Å². The molecule has 0 aliphatic rings. The lowest BCUT2D eigenvalue weighted by Gasteiger charge is -2.09. The third-order valence-corrected chi connectivity index (χ3v) is 7.88. The minimum atomic E-state index is -3.82. The number of hydrogen-bond donors (Lipinski definition) is 1. The second-order valence-electron chi connectivity index (χ2n) is 7.60. The number of hydrogen-bond acceptors (Lipinski definition) is 7. The van der Waals surface area contributed by atoms with E-state index in [1.165, 1.54) is 54.8 Å². The monoisotopic (exact) mass is 537 g/mol. The number of thiazole rings is 1. The summed E-state index contributed by atoms with van der Waals surface area (Å²) < 4.78 is 46.3. The highest BCUT2D eigenvalue weighted by molar-refractivity contribution is 7.92. The van der Waals surface area contributed by atoms with Gasteiger partial charge in [-0.15, -0.1) is 6.42 Å². The van der Waals surface area contributed by atoms with Crippen LogP contribution in [0.1, 0.15) is 10.4 Å². The van der Waals surface area contributed by atoms with Crippen molar-refractivity contribution in [2.45, 2.75) is 11.4 Å². The van der Waals surface area contributed by atoms with E-state index in [0.29, 0.717) is 33.3 Å². The van der Waals surface area contributed by atoms with Crippen LogP contribution in [-0.2, 0) is 16.6 Å². The van der Waals surface area contributed by atoms with E-state index < -0.39 is 15.9 Å². The van der Waals surface area contributed by atoms with Crippen molar-refractivity contribution in [2.24, 2.45) is 4.99 Å². The Bertz CT molecular complexity index is 1660. The molecule has 0 aliphatic carbocycles. The number of fused-ring (bicyclic) bond motifs is 1. The first-order valence-corrected chi connectivity index (χ1v) is 13.1. The molecule has 0 atom stereocenters. The molecule has 1 aromatic heterocycles. The van der Waals surface area contributed by atoms with Gasteiger partial charge in [0.15, 0.2) is 4.80 Å². The minimum Gasteiger partial charge on any atom is -0.497 e. The van der Waals surface area contributed by atoms with E-state index in [4.69, 9.17) is 20.6 Å². The molecule has 0 saturated carbocycles. The number of ether oxygens (including phenoxy) is 3. The molecule has 1 heterocycles. The van der Waals surface area contributed by atoms with Gasteiger partial charge in [0.1, 0.15) is 27.5 Å².